The Bertz CT molecular complexity index is 327. The zero-order chi connectivity index (χ0) is 14.1. The smallest absolute Gasteiger partial charge is 0.316 e. The number of hydrogen-bond donors (Lipinski definition) is 2. The summed E-state index contributed by atoms with van der Waals surface area (Å²) in [6.45, 7) is 3.93. The summed E-state index contributed by atoms with van der Waals surface area (Å²) in [6, 6.07) is 0. The number of rotatable bonds is 9. The average Bonchev–Trinajstić information content (AvgIpc) is 2.37. The second kappa shape index (κ2) is 9.21. The maximum atomic E-state index is 10.5. The van der Waals surface area contributed by atoms with Crippen molar-refractivity contribution < 1.29 is 13.0 Å². The summed E-state index contributed by atoms with van der Waals surface area (Å²) in [5.74, 6) is 2.13. The highest BCUT2D eigenvalue weighted by Crippen LogP contribution is 2.31. The summed E-state index contributed by atoms with van der Waals surface area (Å²) in [7, 11) is -3.28. The summed E-state index contributed by atoms with van der Waals surface area (Å²) >= 11 is 0. The van der Waals surface area contributed by atoms with Crippen molar-refractivity contribution in [1.82, 2.24) is 5.32 Å². The van der Waals surface area contributed by atoms with Crippen LogP contribution in [-0.2, 0) is 9.15 Å². The van der Waals surface area contributed by atoms with Gasteiger partial charge in [0, 0.05) is 12.3 Å². The van der Waals surface area contributed by atoms with Gasteiger partial charge in [-0.05, 0) is 42.0 Å². The predicted molar refractivity (Wildman–Crippen MR) is 81.8 cm³/mol. The summed E-state index contributed by atoms with van der Waals surface area (Å²) < 4.78 is 29.5. The van der Waals surface area contributed by atoms with E-state index < -0.39 is 9.15 Å². The van der Waals surface area contributed by atoms with Gasteiger partial charge in [0.25, 0.3) is 0 Å². The van der Waals surface area contributed by atoms with Crippen LogP contribution < -0.4 is 5.32 Å². The molecular weight excluding hydrogens is 282 g/mol. The number of nitrogens with one attached hydrogen (secondary N) is 1. The molecular formula is C13H27NO3S2. The van der Waals surface area contributed by atoms with Crippen LogP contribution in [0.25, 0.3) is 0 Å². The van der Waals surface area contributed by atoms with Crippen LogP contribution in [0.4, 0.5) is 0 Å². The van der Waals surface area contributed by atoms with Crippen LogP contribution in [0, 0.1) is 11.8 Å². The van der Waals surface area contributed by atoms with Gasteiger partial charge in [0.15, 0.2) is 0 Å². The topological polar surface area (TPSA) is 66.4 Å². The minimum atomic E-state index is -3.87. The summed E-state index contributed by atoms with van der Waals surface area (Å²) in [4.78, 5) is 0. The molecule has 1 unspecified atom stereocenters. The third-order valence-corrected chi connectivity index (χ3v) is 6.04. The van der Waals surface area contributed by atoms with Gasteiger partial charge >= 0.3 is 9.15 Å². The molecule has 1 atom stereocenters. The van der Waals surface area contributed by atoms with Crippen molar-refractivity contribution in [1.29, 1.82) is 0 Å². The van der Waals surface area contributed by atoms with Gasteiger partial charge in [0.1, 0.15) is 0 Å². The first kappa shape index (κ1) is 17.3. The van der Waals surface area contributed by atoms with Crippen molar-refractivity contribution in [3.63, 3.8) is 0 Å². The first-order valence-corrected chi connectivity index (χ1v) is 10.3. The summed E-state index contributed by atoms with van der Waals surface area (Å²) in [5, 5.41) is 3.22. The third kappa shape index (κ3) is 8.89. The zero-order valence-corrected chi connectivity index (χ0v) is 13.4. The lowest BCUT2D eigenvalue weighted by molar-refractivity contribution is 0.248. The molecule has 0 aliphatic heterocycles. The lowest BCUT2D eigenvalue weighted by Crippen LogP contribution is -2.21. The van der Waals surface area contributed by atoms with Crippen LogP contribution in [-0.4, -0.2) is 31.8 Å². The monoisotopic (exact) mass is 309 g/mol. The Morgan fingerprint density at radius 1 is 1.26 bits per heavy atom. The van der Waals surface area contributed by atoms with E-state index in [-0.39, 0.29) is 0 Å². The Morgan fingerprint density at radius 2 is 1.95 bits per heavy atom. The molecule has 0 radical (unpaired) electrons. The minimum absolute atomic E-state index is 0.400. The van der Waals surface area contributed by atoms with Crippen LogP contribution in [0.2, 0.25) is 0 Å². The molecule has 114 valence electrons. The Kier molecular flexibility index (Phi) is 8.37. The average molecular weight is 309 g/mol. The minimum Gasteiger partial charge on any atom is -0.316 e. The molecule has 0 aromatic heterocycles. The van der Waals surface area contributed by atoms with Crippen LogP contribution in [0.15, 0.2) is 0 Å². The zero-order valence-electron chi connectivity index (χ0n) is 11.8. The van der Waals surface area contributed by atoms with Gasteiger partial charge < -0.3 is 5.32 Å². The fourth-order valence-corrected chi connectivity index (χ4v) is 4.15. The number of hydrogen-bond acceptors (Lipinski definition) is 4. The molecule has 0 amide bonds. The predicted octanol–water partition coefficient (Wildman–Crippen LogP) is 3.11. The molecule has 0 saturated heterocycles. The van der Waals surface area contributed by atoms with Crippen LogP contribution in [0.5, 0.6) is 0 Å². The largest absolute Gasteiger partial charge is 0.319 e. The van der Waals surface area contributed by atoms with E-state index in [1.54, 1.807) is 0 Å². The Labute approximate surface area is 121 Å². The lowest BCUT2D eigenvalue weighted by atomic mass is 9.79. The van der Waals surface area contributed by atoms with Crippen LogP contribution in [0.3, 0.4) is 0 Å². The first-order chi connectivity index (χ1) is 8.99. The van der Waals surface area contributed by atoms with Gasteiger partial charge in [-0.1, -0.05) is 39.0 Å². The van der Waals surface area contributed by atoms with Gasteiger partial charge in [-0.3, -0.25) is 4.55 Å². The highest BCUT2D eigenvalue weighted by atomic mass is 33.1. The van der Waals surface area contributed by atoms with Gasteiger partial charge in [0.2, 0.25) is 0 Å². The van der Waals surface area contributed by atoms with Crippen molar-refractivity contribution in [3.8, 4) is 0 Å². The van der Waals surface area contributed by atoms with E-state index in [4.69, 9.17) is 4.55 Å². The van der Waals surface area contributed by atoms with Crippen molar-refractivity contribution in [2.24, 2.45) is 11.8 Å². The maximum Gasteiger partial charge on any atom is 0.319 e. The maximum absolute atomic E-state index is 10.5. The normalized spacial score (nSPS) is 19.5. The molecule has 0 spiro atoms. The van der Waals surface area contributed by atoms with Gasteiger partial charge in [-0.2, -0.15) is 8.42 Å². The van der Waals surface area contributed by atoms with E-state index in [1.807, 2.05) is 0 Å². The lowest BCUT2D eigenvalue weighted by Gasteiger charge is -2.27. The van der Waals surface area contributed by atoms with Crippen molar-refractivity contribution in [2.45, 2.75) is 51.9 Å². The highest BCUT2D eigenvalue weighted by molar-refractivity contribution is 8.69. The summed E-state index contributed by atoms with van der Waals surface area (Å²) in [6.07, 6.45) is 9.42. The Balaban J connectivity index is 1.95. The molecule has 1 rings (SSSR count). The highest BCUT2D eigenvalue weighted by Gasteiger charge is 2.19. The third-order valence-electron chi connectivity index (χ3n) is 3.98. The molecule has 19 heavy (non-hydrogen) atoms. The van der Waals surface area contributed by atoms with Crippen LogP contribution >= 0.6 is 10.8 Å². The van der Waals surface area contributed by atoms with Crippen molar-refractivity contribution >= 4 is 19.9 Å². The van der Waals surface area contributed by atoms with Gasteiger partial charge in [0.05, 0.1) is 0 Å². The van der Waals surface area contributed by atoms with E-state index in [0.29, 0.717) is 23.1 Å². The quantitative estimate of drug-likeness (QED) is 0.389. The van der Waals surface area contributed by atoms with E-state index in [1.165, 1.54) is 38.5 Å². The Hall–Kier alpha value is 0.220. The molecule has 0 aromatic carbocycles. The second-order valence-electron chi connectivity index (χ2n) is 5.52. The molecule has 1 fully saturated rings. The standard InChI is InChI=1S/C13H27NO3S2/c1-12(13-7-3-2-4-8-13)6-5-9-14-10-11-18-19(15,16)17/h12-14H,2-11H2,1H3,(H,15,16,17). The molecule has 0 heterocycles. The van der Waals surface area contributed by atoms with E-state index in [9.17, 15) is 8.42 Å². The SMILES string of the molecule is CC(CCCNCCSS(=O)(=O)O)C1CCCCC1. The molecule has 1 aliphatic rings. The van der Waals surface area contributed by atoms with E-state index >= 15 is 0 Å². The molecule has 0 bridgehead atoms. The molecule has 1 saturated carbocycles. The second-order valence-corrected chi connectivity index (χ2v) is 8.99. The Morgan fingerprint density at radius 3 is 2.58 bits per heavy atom. The molecule has 1 aliphatic carbocycles. The molecule has 2 N–H and O–H groups in total. The first-order valence-electron chi connectivity index (χ1n) is 7.31. The van der Waals surface area contributed by atoms with Crippen LogP contribution in [0.1, 0.15) is 51.9 Å². The molecule has 6 heteroatoms. The van der Waals surface area contributed by atoms with Crippen molar-refractivity contribution in [3.05, 3.63) is 0 Å². The van der Waals surface area contributed by atoms with E-state index in [0.717, 1.165) is 24.8 Å². The summed E-state index contributed by atoms with van der Waals surface area (Å²) in [5.41, 5.74) is 0. The van der Waals surface area contributed by atoms with Gasteiger partial charge in [-0.15, -0.1) is 0 Å². The molecule has 4 nitrogen and oxygen atoms in total. The van der Waals surface area contributed by atoms with Crippen molar-refractivity contribution in [2.75, 3.05) is 18.8 Å². The fourth-order valence-electron chi connectivity index (χ4n) is 2.83. The van der Waals surface area contributed by atoms with Gasteiger partial charge in [-0.25, -0.2) is 0 Å². The fraction of sp³-hybridized carbons (Fsp3) is 1.00. The molecule has 0 aromatic rings. The van der Waals surface area contributed by atoms with E-state index in [2.05, 4.69) is 12.2 Å².